The monoisotopic (exact) mass is 261 g/mol. The molecular weight excluding hydrogens is 249 g/mol. The molecule has 94 valence electrons. The molecule has 0 spiro atoms. The maximum absolute atomic E-state index is 13.1. The number of carbonyl (C=O) groups is 1. The van der Waals surface area contributed by atoms with Gasteiger partial charge >= 0.3 is 16.2 Å². The van der Waals surface area contributed by atoms with Crippen molar-refractivity contribution >= 4 is 21.9 Å². The highest BCUT2D eigenvalue weighted by Gasteiger charge is 2.27. The Hall–Kier alpha value is -1.63. The van der Waals surface area contributed by atoms with Gasteiger partial charge in [0, 0.05) is 5.69 Å². The second-order valence-electron chi connectivity index (χ2n) is 3.74. The van der Waals surface area contributed by atoms with Crippen LogP contribution in [0.15, 0.2) is 4.90 Å². The first kappa shape index (κ1) is 13.4. The number of anilines is 1. The smallest absolute Gasteiger partial charge is 0.336 e. The Morgan fingerprint density at radius 3 is 2.00 bits per heavy atom. The minimum atomic E-state index is -5.00. The molecule has 0 amide bonds. The molecule has 0 radical (unpaired) electrons. The molecule has 0 heterocycles. The third-order valence-electron chi connectivity index (χ3n) is 2.70. The van der Waals surface area contributed by atoms with Crippen LogP contribution in [0.3, 0.4) is 0 Å². The third-order valence-corrected chi connectivity index (χ3v) is 3.80. The minimum Gasteiger partial charge on any atom is -0.478 e. The Morgan fingerprint density at radius 1 is 1.18 bits per heavy atom. The minimum absolute atomic E-state index is 0.0239. The summed E-state index contributed by atoms with van der Waals surface area (Å²) in [6, 6.07) is 0. The van der Waals surface area contributed by atoms with Gasteiger partial charge in [-0.2, -0.15) is 8.42 Å². The van der Waals surface area contributed by atoms with E-state index >= 15 is 0 Å². The number of nitrogen functional groups attached to an aromatic ring is 1. The maximum atomic E-state index is 13.1. The summed E-state index contributed by atoms with van der Waals surface area (Å²) in [4.78, 5) is 10.4. The Balaban J connectivity index is 3.95. The van der Waals surface area contributed by atoms with E-state index in [1.807, 2.05) is 0 Å². The fraction of sp³-hybridized carbons (Fsp3) is 0.300. The van der Waals surface area contributed by atoms with Crippen molar-refractivity contribution in [3.63, 3.8) is 0 Å². The molecule has 1 aromatic carbocycles. The van der Waals surface area contributed by atoms with Gasteiger partial charge in [0.05, 0.1) is 5.56 Å². The molecule has 1 aromatic rings. The van der Waals surface area contributed by atoms with Crippen LogP contribution >= 0.6 is 0 Å². The highest BCUT2D eigenvalue weighted by molar-refractivity contribution is 7.86. The molecule has 0 aromatic heterocycles. The van der Waals surface area contributed by atoms with E-state index in [0.717, 1.165) is 0 Å². The molecule has 0 aliphatic rings. The molecule has 7 heteroatoms. The van der Waals surface area contributed by atoms with E-state index in [1.54, 1.807) is 0 Å². The molecule has 5 nitrogen and oxygen atoms in total. The normalized spacial score (nSPS) is 11.5. The summed E-state index contributed by atoms with van der Waals surface area (Å²) in [6.45, 7) is 4.04. The van der Waals surface area contributed by atoms with Crippen molar-refractivity contribution in [2.24, 2.45) is 0 Å². The van der Waals surface area contributed by atoms with Gasteiger partial charge in [-0.15, -0.1) is 3.89 Å². The Labute approximate surface area is 98.3 Å². The summed E-state index contributed by atoms with van der Waals surface area (Å²) in [5, 5.41) is 8.98. The average molecular weight is 261 g/mol. The van der Waals surface area contributed by atoms with Gasteiger partial charge in [-0.05, 0) is 37.5 Å². The first-order valence-corrected chi connectivity index (χ1v) is 6.04. The molecular formula is C10H12FNO4S. The van der Waals surface area contributed by atoms with Crippen LogP contribution in [0.2, 0.25) is 0 Å². The van der Waals surface area contributed by atoms with E-state index < -0.39 is 21.1 Å². The van der Waals surface area contributed by atoms with Gasteiger partial charge in [0.1, 0.15) is 4.90 Å². The van der Waals surface area contributed by atoms with Gasteiger partial charge < -0.3 is 10.8 Å². The van der Waals surface area contributed by atoms with E-state index in [0.29, 0.717) is 0 Å². The first-order chi connectivity index (χ1) is 7.59. The summed E-state index contributed by atoms with van der Waals surface area (Å²) in [5.74, 6) is -1.34. The predicted octanol–water partition coefficient (Wildman–Crippen LogP) is 1.55. The van der Waals surface area contributed by atoms with Gasteiger partial charge in [0.25, 0.3) is 0 Å². The second kappa shape index (κ2) is 3.99. The molecule has 3 N–H and O–H groups in total. The number of halogens is 1. The Kier molecular flexibility index (Phi) is 3.15. The molecule has 1 rings (SSSR count). The Morgan fingerprint density at radius 2 is 1.65 bits per heavy atom. The summed E-state index contributed by atoms with van der Waals surface area (Å²) in [7, 11) is -5.00. The number of carboxylic acids is 1. The number of rotatable bonds is 2. The zero-order valence-electron chi connectivity index (χ0n) is 9.54. The number of hydrogen-bond acceptors (Lipinski definition) is 4. The number of hydrogen-bond donors (Lipinski definition) is 2. The van der Waals surface area contributed by atoms with Crippen LogP contribution in [0.25, 0.3) is 0 Å². The van der Waals surface area contributed by atoms with Gasteiger partial charge in [-0.3, -0.25) is 0 Å². The highest BCUT2D eigenvalue weighted by Crippen LogP contribution is 2.33. The maximum Gasteiger partial charge on any atom is 0.336 e. The molecule has 0 unspecified atom stereocenters. The van der Waals surface area contributed by atoms with Crippen molar-refractivity contribution in [2.75, 3.05) is 5.73 Å². The molecule has 0 aliphatic heterocycles. The summed E-state index contributed by atoms with van der Waals surface area (Å²) in [6.07, 6.45) is 0. The second-order valence-corrected chi connectivity index (χ2v) is 5.02. The summed E-state index contributed by atoms with van der Waals surface area (Å²) >= 11 is 0. The molecule has 0 bridgehead atoms. The van der Waals surface area contributed by atoms with Crippen molar-refractivity contribution in [3.8, 4) is 0 Å². The molecule has 0 fully saturated rings. The lowest BCUT2D eigenvalue weighted by molar-refractivity contribution is 0.0695. The van der Waals surface area contributed by atoms with Crippen LogP contribution in [0.4, 0.5) is 9.57 Å². The number of nitrogens with two attached hydrogens (primary N) is 1. The van der Waals surface area contributed by atoms with Crippen LogP contribution in [-0.2, 0) is 10.2 Å². The van der Waals surface area contributed by atoms with E-state index in [2.05, 4.69) is 0 Å². The van der Waals surface area contributed by atoms with E-state index in [4.69, 9.17) is 10.8 Å². The molecule has 0 saturated heterocycles. The van der Waals surface area contributed by atoms with Crippen LogP contribution in [0.1, 0.15) is 27.0 Å². The lowest BCUT2D eigenvalue weighted by Gasteiger charge is -2.15. The SMILES string of the molecule is Cc1c(N)c(C)c(S(=O)(=O)F)c(C)c1C(=O)O. The lowest BCUT2D eigenvalue weighted by atomic mass is 9.97. The molecule has 0 aliphatic carbocycles. The largest absolute Gasteiger partial charge is 0.478 e. The Bertz CT molecular complexity index is 607. The topological polar surface area (TPSA) is 97.5 Å². The van der Waals surface area contributed by atoms with Crippen LogP contribution < -0.4 is 5.73 Å². The molecule has 0 saturated carbocycles. The number of aromatic carboxylic acids is 1. The standard InChI is InChI=1S/C10H12FNO4S/c1-4-7(10(13)14)5(2)9(17(11,15)16)6(3)8(4)12/h12H2,1-3H3,(H,13,14). The van der Waals surface area contributed by atoms with Crippen LogP contribution in [0, 0.1) is 20.8 Å². The van der Waals surface area contributed by atoms with Crippen LogP contribution in [0.5, 0.6) is 0 Å². The van der Waals surface area contributed by atoms with E-state index in [1.165, 1.54) is 20.8 Å². The van der Waals surface area contributed by atoms with E-state index in [9.17, 15) is 17.1 Å². The van der Waals surface area contributed by atoms with E-state index in [-0.39, 0.29) is 27.9 Å². The molecule has 0 atom stereocenters. The first-order valence-electron chi connectivity index (χ1n) is 4.66. The average Bonchev–Trinajstić information content (AvgIpc) is 2.11. The van der Waals surface area contributed by atoms with Gasteiger partial charge in [-0.25, -0.2) is 4.79 Å². The zero-order valence-corrected chi connectivity index (χ0v) is 10.4. The van der Waals surface area contributed by atoms with Crippen LogP contribution in [-0.4, -0.2) is 19.5 Å². The van der Waals surface area contributed by atoms with Gasteiger partial charge in [-0.1, -0.05) is 0 Å². The fourth-order valence-electron chi connectivity index (χ4n) is 1.90. The molecule has 17 heavy (non-hydrogen) atoms. The lowest BCUT2D eigenvalue weighted by Crippen LogP contribution is -2.12. The van der Waals surface area contributed by atoms with Crippen molar-refractivity contribution in [3.05, 3.63) is 22.3 Å². The number of benzene rings is 1. The van der Waals surface area contributed by atoms with Crippen molar-refractivity contribution in [1.29, 1.82) is 0 Å². The predicted molar refractivity (Wildman–Crippen MR) is 60.3 cm³/mol. The third kappa shape index (κ3) is 2.10. The number of carboxylic acid groups (broad SMARTS) is 1. The fourth-order valence-corrected chi connectivity index (χ4v) is 2.84. The zero-order chi connectivity index (χ0) is 13.5. The highest BCUT2D eigenvalue weighted by atomic mass is 32.3. The van der Waals surface area contributed by atoms with Gasteiger partial charge in [0.15, 0.2) is 0 Å². The summed E-state index contributed by atoms with van der Waals surface area (Å²) in [5.41, 5.74) is 5.43. The van der Waals surface area contributed by atoms with Crippen molar-refractivity contribution in [2.45, 2.75) is 25.7 Å². The van der Waals surface area contributed by atoms with Crippen molar-refractivity contribution in [1.82, 2.24) is 0 Å². The van der Waals surface area contributed by atoms with Gasteiger partial charge in [0.2, 0.25) is 0 Å². The quantitative estimate of drug-likeness (QED) is 0.621. The van der Waals surface area contributed by atoms with Crippen molar-refractivity contribution < 1.29 is 22.2 Å². The summed E-state index contributed by atoms with van der Waals surface area (Å²) < 4.78 is 35.1.